The highest BCUT2D eigenvalue weighted by atomic mass is 32.2. The van der Waals surface area contributed by atoms with Crippen LogP contribution >= 0.6 is 11.8 Å². The van der Waals surface area contributed by atoms with Crippen molar-refractivity contribution in [3.8, 4) is 0 Å². The lowest BCUT2D eigenvalue weighted by Gasteiger charge is -2.26. The van der Waals surface area contributed by atoms with Gasteiger partial charge in [0.25, 0.3) is 0 Å². The van der Waals surface area contributed by atoms with Crippen LogP contribution in [-0.4, -0.2) is 53.5 Å². The van der Waals surface area contributed by atoms with Gasteiger partial charge in [0, 0.05) is 24.1 Å². The maximum atomic E-state index is 12.1. The van der Waals surface area contributed by atoms with Gasteiger partial charge in [-0.15, -0.1) is 0 Å². The first-order valence-corrected chi connectivity index (χ1v) is 8.39. The third-order valence-corrected chi connectivity index (χ3v) is 4.66. The Kier molecular flexibility index (Phi) is 7.37. The van der Waals surface area contributed by atoms with Gasteiger partial charge in [-0.1, -0.05) is 20.8 Å². The lowest BCUT2D eigenvalue weighted by molar-refractivity contribution is -0.124. The molecule has 1 saturated heterocycles. The Labute approximate surface area is 126 Å². The van der Waals surface area contributed by atoms with Crippen LogP contribution in [-0.2, 0) is 4.79 Å². The van der Waals surface area contributed by atoms with E-state index in [2.05, 4.69) is 22.5 Å². The molecular weight excluding hydrogens is 274 g/mol. The number of carbonyl (C=O) groups excluding carboxylic acids is 2. The predicted octanol–water partition coefficient (Wildman–Crippen LogP) is 1.68. The van der Waals surface area contributed by atoms with Crippen molar-refractivity contribution in [2.75, 3.05) is 25.4 Å². The summed E-state index contributed by atoms with van der Waals surface area (Å²) in [6.45, 7) is 10.5. The molecule has 1 aliphatic heterocycles. The van der Waals surface area contributed by atoms with Crippen molar-refractivity contribution in [1.29, 1.82) is 0 Å². The van der Waals surface area contributed by atoms with Gasteiger partial charge in [0.1, 0.15) is 0 Å². The van der Waals surface area contributed by atoms with Gasteiger partial charge in [0.05, 0.1) is 6.04 Å². The van der Waals surface area contributed by atoms with Crippen LogP contribution in [0.25, 0.3) is 0 Å². The molecule has 1 aliphatic rings. The Morgan fingerprint density at radius 3 is 2.65 bits per heavy atom. The number of imide groups is 1. The summed E-state index contributed by atoms with van der Waals surface area (Å²) in [6.07, 6.45) is 1.09. The molecule has 2 N–H and O–H groups in total. The Hall–Kier alpha value is -0.750. The summed E-state index contributed by atoms with van der Waals surface area (Å²) in [6, 6.07) is -0.654. The zero-order valence-electron chi connectivity index (χ0n) is 12.9. The van der Waals surface area contributed by atoms with Crippen LogP contribution in [0.3, 0.4) is 0 Å². The third-order valence-electron chi connectivity index (χ3n) is 3.44. The summed E-state index contributed by atoms with van der Waals surface area (Å²) in [5.74, 6) is 1.20. The Morgan fingerprint density at radius 1 is 1.30 bits per heavy atom. The van der Waals surface area contributed by atoms with Crippen LogP contribution in [0, 0.1) is 5.92 Å². The molecule has 5 nitrogen and oxygen atoms in total. The molecule has 20 heavy (non-hydrogen) atoms. The summed E-state index contributed by atoms with van der Waals surface area (Å²) in [5.41, 5.74) is 0. The fourth-order valence-corrected chi connectivity index (χ4v) is 3.04. The maximum Gasteiger partial charge on any atom is 0.321 e. The molecule has 116 valence electrons. The largest absolute Gasteiger partial charge is 0.338 e. The lowest BCUT2D eigenvalue weighted by atomic mass is 10.2. The van der Waals surface area contributed by atoms with Crippen LogP contribution in [0.15, 0.2) is 0 Å². The smallest absolute Gasteiger partial charge is 0.321 e. The number of rotatable bonds is 4. The van der Waals surface area contributed by atoms with Crippen LogP contribution < -0.4 is 10.6 Å². The van der Waals surface area contributed by atoms with Crippen molar-refractivity contribution < 1.29 is 9.59 Å². The molecule has 2 atom stereocenters. The zero-order valence-corrected chi connectivity index (χ0v) is 13.8. The molecule has 0 saturated carbocycles. The van der Waals surface area contributed by atoms with Gasteiger partial charge in [-0.2, -0.15) is 11.8 Å². The highest BCUT2D eigenvalue weighted by Gasteiger charge is 2.24. The average molecular weight is 301 g/mol. The number of nitrogens with zero attached hydrogens (tertiary/aromatic N) is 1. The second-order valence-corrected chi connectivity index (χ2v) is 7.32. The molecule has 1 fully saturated rings. The minimum Gasteiger partial charge on any atom is -0.338 e. The van der Waals surface area contributed by atoms with E-state index < -0.39 is 6.03 Å². The fourth-order valence-electron chi connectivity index (χ4n) is 2.02. The standard InChI is InChI=1S/C14H27N3O2S/c1-10(2)9-15-14(19)16-13(18)12(4)17-6-5-11(3)20-8-7-17/h10-12H,5-9H2,1-4H3,(H2,15,16,18,19)/t11-,12+/m0/s1. The molecular formula is C14H27N3O2S. The van der Waals surface area contributed by atoms with Gasteiger partial charge in [-0.3, -0.25) is 15.0 Å². The van der Waals surface area contributed by atoms with E-state index in [4.69, 9.17) is 0 Å². The van der Waals surface area contributed by atoms with Crippen molar-refractivity contribution in [3.05, 3.63) is 0 Å². The van der Waals surface area contributed by atoms with Crippen molar-refractivity contribution in [2.24, 2.45) is 5.92 Å². The fraction of sp³-hybridized carbons (Fsp3) is 0.857. The summed E-state index contributed by atoms with van der Waals surface area (Å²) in [7, 11) is 0. The Morgan fingerprint density at radius 2 is 2.00 bits per heavy atom. The molecule has 0 aliphatic carbocycles. The highest BCUT2D eigenvalue weighted by molar-refractivity contribution is 7.99. The number of thioether (sulfide) groups is 1. The molecule has 1 rings (SSSR count). The van der Waals surface area contributed by atoms with E-state index in [0.717, 1.165) is 25.3 Å². The molecule has 0 unspecified atom stereocenters. The molecule has 6 heteroatoms. The topological polar surface area (TPSA) is 61.4 Å². The molecule has 1 heterocycles. The van der Waals surface area contributed by atoms with E-state index in [0.29, 0.717) is 17.7 Å². The monoisotopic (exact) mass is 301 g/mol. The van der Waals surface area contributed by atoms with Gasteiger partial charge in [-0.25, -0.2) is 4.79 Å². The van der Waals surface area contributed by atoms with E-state index in [1.54, 1.807) is 0 Å². The number of carbonyl (C=O) groups is 2. The number of urea groups is 1. The molecule has 0 spiro atoms. The van der Waals surface area contributed by atoms with E-state index >= 15 is 0 Å². The Balaban J connectivity index is 2.39. The van der Waals surface area contributed by atoms with Gasteiger partial charge < -0.3 is 5.32 Å². The first-order valence-electron chi connectivity index (χ1n) is 7.34. The highest BCUT2D eigenvalue weighted by Crippen LogP contribution is 2.19. The SMILES string of the molecule is CC(C)CNC(=O)NC(=O)[C@@H](C)N1CCS[C@@H](C)CC1. The van der Waals surface area contributed by atoms with Crippen LogP contribution in [0.5, 0.6) is 0 Å². The van der Waals surface area contributed by atoms with Crippen LogP contribution in [0.4, 0.5) is 4.79 Å². The lowest BCUT2D eigenvalue weighted by Crippen LogP contribution is -2.50. The molecule has 0 aromatic carbocycles. The predicted molar refractivity (Wildman–Crippen MR) is 84.0 cm³/mol. The number of amides is 3. The summed E-state index contributed by atoms with van der Waals surface area (Å²) in [4.78, 5) is 25.8. The number of hydrogen-bond donors (Lipinski definition) is 2. The second-order valence-electron chi connectivity index (χ2n) is 5.78. The minimum absolute atomic E-state index is 0.217. The second kappa shape index (κ2) is 8.52. The molecule has 3 amide bonds. The zero-order chi connectivity index (χ0) is 15.1. The summed E-state index contributed by atoms with van der Waals surface area (Å²) >= 11 is 1.94. The normalized spacial score (nSPS) is 22.1. The molecule has 0 aromatic heterocycles. The van der Waals surface area contributed by atoms with E-state index in [1.807, 2.05) is 32.5 Å². The van der Waals surface area contributed by atoms with Crippen LogP contribution in [0.2, 0.25) is 0 Å². The average Bonchev–Trinajstić information content (AvgIpc) is 2.60. The summed E-state index contributed by atoms with van der Waals surface area (Å²) in [5, 5.41) is 5.77. The molecule has 0 radical (unpaired) electrons. The Bertz CT molecular complexity index is 336. The quantitative estimate of drug-likeness (QED) is 0.829. The van der Waals surface area contributed by atoms with Crippen LogP contribution in [0.1, 0.15) is 34.1 Å². The summed E-state index contributed by atoms with van der Waals surface area (Å²) < 4.78 is 0. The van der Waals surface area contributed by atoms with E-state index in [-0.39, 0.29) is 11.9 Å². The van der Waals surface area contributed by atoms with Crippen molar-refractivity contribution in [1.82, 2.24) is 15.5 Å². The minimum atomic E-state index is -0.395. The maximum absolute atomic E-state index is 12.1. The van der Waals surface area contributed by atoms with Gasteiger partial charge in [-0.05, 0) is 25.8 Å². The van der Waals surface area contributed by atoms with E-state index in [1.165, 1.54) is 0 Å². The van der Waals surface area contributed by atoms with E-state index in [9.17, 15) is 9.59 Å². The van der Waals surface area contributed by atoms with Gasteiger partial charge in [0.2, 0.25) is 5.91 Å². The first kappa shape index (κ1) is 17.3. The molecule has 0 bridgehead atoms. The first-order chi connectivity index (χ1) is 9.40. The van der Waals surface area contributed by atoms with Crippen molar-refractivity contribution in [3.63, 3.8) is 0 Å². The third kappa shape index (κ3) is 6.13. The number of hydrogen-bond acceptors (Lipinski definition) is 4. The van der Waals surface area contributed by atoms with Crippen molar-refractivity contribution >= 4 is 23.7 Å². The van der Waals surface area contributed by atoms with Gasteiger partial charge in [0.15, 0.2) is 0 Å². The van der Waals surface area contributed by atoms with Crippen molar-refractivity contribution in [2.45, 2.75) is 45.4 Å². The molecule has 0 aromatic rings. The van der Waals surface area contributed by atoms with Gasteiger partial charge >= 0.3 is 6.03 Å². The number of nitrogens with one attached hydrogen (secondary N) is 2.